The van der Waals surface area contributed by atoms with Gasteiger partial charge in [-0.3, -0.25) is 0 Å². The molecule has 1 aromatic rings. The van der Waals surface area contributed by atoms with Crippen molar-refractivity contribution < 1.29 is 0 Å². The molecule has 0 saturated heterocycles. The van der Waals surface area contributed by atoms with E-state index >= 15 is 0 Å². The molecule has 2 rings (SSSR count). The molecule has 6 heteroatoms. The monoisotopic (exact) mass is 224 g/mol. The van der Waals surface area contributed by atoms with Crippen LogP contribution in [0.5, 0.6) is 0 Å². The first-order valence-electron chi connectivity index (χ1n) is 3.81. The Morgan fingerprint density at radius 2 is 2.08 bits per heavy atom. The zero-order valence-electron chi connectivity index (χ0n) is 7.43. The van der Waals surface area contributed by atoms with Crippen molar-refractivity contribution in [2.24, 2.45) is 0 Å². The number of halogens is 2. The van der Waals surface area contributed by atoms with Crippen LogP contribution in [0, 0.1) is 0 Å². The highest BCUT2D eigenvalue weighted by molar-refractivity contribution is 5.85. The summed E-state index contributed by atoms with van der Waals surface area (Å²) in [4.78, 5) is 2.14. The van der Waals surface area contributed by atoms with Gasteiger partial charge >= 0.3 is 0 Å². The number of aryl methyl sites for hydroxylation is 1. The molecule has 0 bridgehead atoms. The van der Waals surface area contributed by atoms with Crippen LogP contribution in [0.4, 0.5) is 11.5 Å². The van der Waals surface area contributed by atoms with Crippen LogP contribution in [-0.4, -0.2) is 23.4 Å². The quantitative estimate of drug-likeness (QED) is 0.720. The largest absolute Gasteiger partial charge is 0.394 e. The Morgan fingerprint density at radius 3 is 2.69 bits per heavy atom. The van der Waals surface area contributed by atoms with Gasteiger partial charge in [0.2, 0.25) is 0 Å². The molecule has 2 heterocycles. The Morgan fingerprint density at radius 1 is 1.38 bits per heavy atom. The number of nitrogens with zero attached hydrogens (tertiary/aromatic N) is 3. The van der Waals surface area contributed by atoms with E-state index in [2.05, 4.69) is 10.00 Å². The lowest BCUT2D eigenvalue weighted by Gasteiger charge is -2.25. The number of anilines is 2. The summed E-state index contributed by atoms with van der Waals surface area (Å²) in [5.74, 6) is 1.07. The van der Waals surface area contributed by atoms with E-state index in [1.165, 1.54) is 0 Å². The summed E-state index contributed by atoms with van der Waals surface area (Å²) in [5, 5.41) is 4.16. The van der Waals surface area contributed by atoms with Crippen LogP contribution in [0.1, 0.15) is 6.42 Å². The maximum absolute atomic E-state index is 5.73. The molecule has 0 saturated carbocycles. The summed E-state index contributed by atoms with van der Waals surface area (Å²) in [6.07, 6.45) is 2.88. The van der Waals surface area contributed by atoms with E-state index in [1.807, 2.05) is 11.7 Å². The van der Waals surface area contributed by atoms with Gasteiger partial charge in [0.1, 0.15) is 5.82 Å². The highest BCUT2D eigenvalue weighted by Crippen LogP contribution is 2.24. The standard InChI is InChI=1S/C7H12N4.2ClH/c1-10-3-2-4-11-7(10)6(8)5-9-11;;/h5H,2-4,8H2,1H3;2*1H. The molecule has 13 heavy (non-hydrogen) atoms. The predicted molar refractivity (Wildman–Crippen MR) is 59.0 cm³/mol. The van der Waals surface area contributed by atoms with Crippen molar-refractivity contribution in [1.82, 2.24) is 9.78 Å². The second-order valence-corrected chi connectivity index (χ2v) is 2.92. The average molecular weight is 225 g/mol. The molecule has 4 nitrogen and oxygen atoms in total. The number of nitrogens with two attached hydrogens (primary N) is 1. The fourth-order valence-electron chi connectivity index (χ4n) is 1.54. The van der Waals surface area contributed by atoms with Crippen molar-refractivity contribution >= 4 is 36.3 Å². The second kappa shape index (κ2) is 4.58. The lowest BCUT2D eigenvalue weighted by molar-refractivity contribution is 0.534. The minimum Gasteiger partial charge on any atom is -0.394 e. The van der Waals surface area contributed by atoms with E-state index < -0.39 is 0 Å². The number of hydrogen-bond acceptors (Lipinski definition) is 3. The molecule has 0 amide bonds. The first-order valence-corrected chi connectivity index (χ1v) is 3.81. The summed E-state index contributed by atoms with van der Waals surface area (Å²) in [6.45, 7) is 2.08. The molecule has 1 aliphatic heterocycles. The predicted octanol–water partition coefficient (Wildman–Crippen LogP) is 1.15. The first kappa shape index (κ1) is 12.4. The third-order valence-corrected chi connectivity index (χ3v) is 2.06. The van der Waals surface area contributed by atoms with E-state index in [-0.39, 0.29) is 24.8 Å². The molecule has 0 unspecified atom stereocenters. The molecule has 76 valence electrons. The molecule has 0 aromatic carbocycles. The van der Waals surface area contributed by atoms with Gasteiger partial charge in [-0.25, -0.2) is 4.68 Å². The Kier molecular flexibility index (Phi) is 4.36. The molecule has 2 N–H and O–H groups in total. The Hall–Kier alpha value is -0.610. The number of fused-ring (bicyclic) bond motifs is 1. The molecule has 0 fully saturated rings. The first-order chi connectivity index (χ1) is 5.29. The van der Waals surface area contributed by atoms with Crippen molar-refractivity contribution in [3.05, 3.63) is 6.20 Å². The molecule has 0 atom stereocenters. The lowest BCUT2D eigenvalue weighted by Crippen LogP contribution is -2.28. The van der Waals surface area contributed by atoms with Crippen molar-refractivity contribution in [3.8, 4) is 0 Å². The maximum Gasteiger partial charge on any atom is 0.150 e. The minimum atomic E-state index is 0. The van der Waals surface area contributed by atoms with Crippen LogP contribution in [0.2, 0.25) is 0 Å². The normalized spacial score (nSPS) is 14.1. The molecule has 1 aliphatic rings. The minimum absolute atomic E-state index is 0. The summed E-state index contributed by atoms with van der Waals surface area (Å²) in [5.41, 5.74) is 6.51. The van der Waals surface area contributed by atoms with Gasteiger partial charge in [-0.2, -0.15) is 5.10 Å². The van der Waals surface area contributed by atoms with Crippen LogP contribution < -0.4 is 10.6 Å². The second-order valence-electron chi connectivity index (χ2n) is 2.92. The summed E-state index contributed by atoms with van der Waals surface area (Å²) >= 11 is 0. The van der Waals surface area contributed by atoms with Gasteiger partial charge in [0, 0.05) is 20.1 Å². The van der Waals surface area contributed by atoms with Crippen LogP contribution in [0.25, 0.3) is 0 Å². The van der Waals surface area contributed by atoms with E-state index in [1.54, 1.807) is 6.20 Å². The van der Waals surface area contributed by atoms with Gasteiger partial charge < -0.3 is 10.6 Å². The Labute approximate surface area is 89.9 Å². The van der Waals surface area contributed by atoms with E-state index in [9.17, 15) is 0 Å². The zero-order valence-corrected chi connectivity index (χ0v) is 9.07. The van der Waals surface area contributed by atoms with Crippen LogP contribution in [0.15, 0.2) is 6.20 Å². The van der Waals surface area contributed by atoms with Crippen LogP contribution >= 0.6 is 24.8 Å². The Balaban J connectivity index is 0.000000720. The molecular formula is C7H14Cl2N4. The number of nitrogen functional groups attached to an aromatic ring is 1. The molecule has 0 radical (unpaired) electrons. The maximum atomic E-state index is 5.73. The van der Waals surface area contributed by atoms with Gasteiger partial charge in [0.05, 0.1) is 11.9 Å². The van der Waals surface area contributed by atoms with Gasteiger partial charge in [0.15, 0.2) is 0 Å². The van der Waals surface area contributed by atoms with Gasteiger partial charge in [-0.1, -0.05) is 0 Å². The number of hydrogen-bond donors (Lipinski definition) is 1. The fraction of sp³-hybridized carbons (Fsp3) is 0.571. The molecular weight excluding hydrogens is 211 g/mol. The van der Waals surface area contributed by atoms with Gasteiger partial charge in [-0.15, -0.1) is 24.8 Å². The number of aromatic nitrogens is 2. The average Bonchev–Trinajstić information content (AvgIpc) is 2.34. The molecule has 1 aromatic heterocycles. The van der Waals surface area contributed by atoms with E-state index in [0.29, 0.717) is 0 Å². The van der Waals surface area contributed by atoms with Gasteiger partial charge in [-0.05, 0) is 6.42 Å². The lowest BCUT2D eigenvalue weighted by atomic mass is 10.3. The van der Waals surface area contributed by atoms with Crippen molar-refractivity contribution in [2.45, 2.75) is 13.0 Å². The van der Waals surface area contributed by atoms with E-state index in [0.717, 1.165) is 31.0 Å². The summed E-state index contributed by atoms with van der Waals surface area (Å²) in [7, 11) is 2.04. The molecule has 0 aliphatic carbocycles. The van der Waals surface area contributed by atoms with Crippen molar-refractivity contribution in [1.29, 1.82) is 0 Å². The van der Waals surface area contributed by atoms with Crippen LogP contribution in [0.3, 0.4) is 0 Å². The SMILES string of the molecule is CN1CCCn2ncc(N)c21.Cl.Cl. The third-order valence-electron chi connectivity index (χ3n) is 2.06. The topological polar surface area (TPSA) is 47.1 Å². The fourth-order valence-corrected chi connectivity index (χ4v) is 1.54. The summed E-state index contributed by atoms with van der Waals surface area (Å²) < 4.78 is 1.96. The highest BCUT2D eigenvalue weighted by Gasteiger charge is 2.16. The van der Waals surface area contributed by atoms with Crippen molar-refractivity contribution in [2.75, 3.05) is 24.2 Å². The smallest absolute Gasteiger partial charge is 0.150 e. The highest BCUT2D eigenvalue weighted by atomic mass is 35.5. The third kappa shape index (κ3) is 2.00. The van der Waals surface area contributed by atoms with Crippen LogP contribution in [-0.2, 0) is 6.54 Å². The number of rotatable bonds is 0. The molecule has 0 spiro atoms. The van der Waals surface area contributed by atoms with Gasteiger partial charge in [0.25, 0.3) is 0 Å². The zero-order chi connectivity index (χ0) is 7.84. The van der Waals surface area contributed by atoms with Crippen molar-refractivity contribution in [3.63, 3.8) is 0 Å². The Bertz CT molecular complexity index is 273. The van der Waals surface area contributed by atoms with E-state index in [4.69, 9.17) is 5.73 Å². The summed E-state index contributed by atoms with van der Waals surface area (Å²) in [6, 6.07) is 0.